The van der Waals surface area contributed by atoms with Gasteiger partial charge in [0.25, 0.3) is 5.91 Å². The highest BCUT2D eigenvalue weighted by molar-refractivity contribution is 7.89. The molecule has 0 spiro atoms. The van der Waals surface area contributed by atoms with Crippen molar-refractivity contribution in [2.45, 2.75) is 69.4 Å². The Bertz CT molecular complexity index is 1180. The monoisotopic (exact) mass is 467 g/mol. The maximum atomic E-state index is 13.4. The van der Waals surface area contributed by atoms with E-state index in [4.69, 9.17) is 5.73 Å². The molecule has 2 saturated carbocycles. The van der Waals surface area contributed by atoms with Crippen molar-refractivity contribution in [3.8, 4) is 0 Å². The minimum atomic E-state index is -3.67. The molecular formula is C26H33N3O3S. The first-order valence-corrected chi connectivity index (χ1v) is 13.2. The third-order valence-electron chi connectivity index (χ3n) is 7.63. The molecule has 6 nitrogen and oxygen atoms in total. The van der Waals surface area contributed by atoms with Crippen LogP contribution < -0.4 is 10.5 Å². The second kappa shape index (κ2) is 7.31. The highest BCUT2D eigenvalue weighted by Gasteiger charge is 2.51. The molecule has 0 aromatic heterocycles. The molecule has 2 atom stereocenters. The van der Waals surface area contributed by atoms with Crippen molar-refractivity contribution >= 4 is 21.6 Å². The second-order valence-electron chi connectivity index (χ2n) is 11.5. The van der Waals surface area contributed by atoms with Crippen LogP contribution in [-0.4, -0.2) is 31.8 Å². The van der Waals surface area contributed by atoms with Crippen LogP contribution in [0.4, 0.5) is 5.69 Å². The maximum absolute atomic E-state index is 13.4. The van der Waals surface area contributed by atoms with Gasteiger partial charge >= 0.3 is 0 Å². The van der Waals surface area contributed by atoms with Crippen LogP contribution >= 0.6 is 0 Å². The van der Waals surface area contributed by atoms with Crippen molar-refractivity contribution in [2.75, 3.05) is 12.3 Å². The van der Waals surface area contributed by atoms with Gasteiger partial charge in [-0.15, -0.1) is 0 Å². The summed E-state index contributed by atoms with van der Waals surface area (Å²) >= 11 is 0. The molecule has 2 unspecified atom stereocenters. The zero-order chi connectivity index (χ0) is 23.6. The van der Waals surface area contributed by atoms with Crippen LogP contribution in [0.2, 0.25) is 0 Å². The van der Waals surface area contributed by atoms with Gasteiger partial charge in [0.15, 0.2) is 0 Å². The molecule has 1 saturated heterocycles. The molecule has 176 valence electrons. The van der Waals surface area contributed by atoms with E-state index in [9.17, 15) is 13.2 Å². The number of likely N-dealkylation sites (tertiary alicyclic amines) is 1. The van der Waals surface area contributed by atoms with Crippen LogP contribution in [0.5, 0.6) is 0 Å². The molecule has 0 radical (unpaired) electrons. The summed E-state index contributed by atoms with van der Waals surface area (Å²) in [5.41, 5.74) is 7.62. The van der Waals surface area contributed by atoms with Crippen molar-refractivity contribution in [3.63, 3.8) is 0 Å². The van der Waals surface area contributed by atoms with Gasteiger partial charge in [0.2, 0.25) is 10.0 Å². The van der Waals surface area contributed by atoms with Gasteiger partial charge < -0.3 is 10.6 Å². The standard InChI is InChI=1S/C26H33N3O3S/c1-24(2)14-21-15-25(3,16-24)17-29(21)23(30)18-4-6-19(7-5-18)26(12-13-26)28-33(31,32)22-10-8-20(27)9-11-22/h4-11,21,28H,12-17,27H2,1-3H3. The lowest BCUT2D eigenvalue weighted by Gasteiger charge is -2.39. The predicted octanol–water partition coefficient (Wildman–Crippen LogP) is 4.28. The summed E-state index contributed by atoms with van der Waals surface area (Å²) in [4.78, 5) is 15.6. The summed E-state index contributed by atoms with van der Waals surface area (Å²) in [6.45, 7) is 7.73. The Hall–Kier alpha value is -2.38. The normalized spacial score (nSPS) is 27.4. The number of fused-ring (bicyclic) bond motifs is 2. The smallest absolute Gasteiger partial charge is 0.254 e. The second-order valence-corrected chi connectivity index (χ2v) is 13.2. The van der Waals surface area contributed by atoms with Gasteiger partial charge in [-0.25, -0.2) is 13.1 Å². The van der Waals surface area contributed by atoms with Crippen LogP contribution in [0.3, 0.4) is 0 Å². The van der Waals surface area contributed by atoms with E-state index >= 15 is 0 Å². The fraction of sp³-hybridized carbons (Fsp3) is 0.500. The van der Waals surface area contributed by atoms with E-state index in [0.29, 0.717) is 17.3 Å². The molecular weight excluding hydrogens is 434 g/mol. The summed E-state index contributed by atoms with van der Waals surface area (Å²) in [5.74, 6) is 0.0836. The molecule has 5 rings (SSSR count). The minimum absolute atomic E-state index is 0.0836. The number of nitrogen functional groups attached to an aromatic ring is 1. The van der Waals surface area contributed by atoms with Gasteiger partial charge in [-0.2, -0.15) is 0 Å². The molecule has 2 bridgehead atoms. The number of hydrogen-bond acceptors (Lipinski definition) is 4. The zero-order valence-electron chi connectivity index (χ0n) is 19.6. The summed E-state index contributed by atoms with van der Waals surface area (Å²) < 4.78 is 28.7. The van der Waals surface area contributed by atoms with Gasteiger partial charge in [-0.3, -0.25) is 4.79 Å². The Labute approximate surface area is 196 Å². The number of nitrogens with two attached hydrogens (primary N) is 1. The van der Waals surface area contributed by atoms with Crippen molar-refractivity contribution in [1.29, 1.82) is 0 Å². The van der Waals surface area contributed by atoms with Gasteiger partial charge in [-0.05, 0) is 84.9 Å². The van der Waals surface area contributed by atoms with Gasteiger partial charge in [0.1, 0.15) is 0 Å². The third kappa shape index (κ3) is 4.17. The molecule has 7 heteroatoms. The SMILES string of the molecule is CC1(C)CC2CC(C)(CN2C(=O)c2ccc(C3(NS(=O)(=O)c4ccc(N)cc4)CC3)cc2)C1. The predicted molar refractivity (Wildman–Crippen MR) is 129 cm³/mol. The Morgan fingerprint density at radius 3 is 2.24 bits per heavy atom. The van der Waals surface area contributed by atoms with Gasteiger partial charge in [0.05, 0.1) is 10.4 Å². The van der Waals surface area contributed by atoms with Crippen LogP contribution in [-0.2, 0) is 15.6 Å². The molecule has 2 aliphatic carbocycles. The number of hydrogen-bond donors (Lipinski definition) is 2. The first-order chi connectivity index (χ1) is 15.4. The van der Waals surface area contributed by atoms with E-state index in [1.807, 2.05) is 24.3 Å². The minimum Gasteiger partial charge on any atom is -0.399 e. The van der Waals surface area contributed by atoms with Crippen LogP contribution in [0.25, 0.3) is 0 Å². The quantitative estimate of drug-likeness (QED) is 0.642. The number of carbonyl (C=O) groups is 1. The lowest BCUT2D eigenvalue weighted by Crippen LogP contribution is -2.38. The summed E-state index contributed by atoms with van der Waals surface area (Å²) in [7, 11) is -3.67. The highest BCUT2D eigenvalue weighted by atomic mass is 32.2. The average Bonchev–Trinajstić information content (AvgIpc) is 3.45. The molecule has 2 aromatic rings. The fourth-order valence-electron chi connectivity index (χ4n) is 6.33. The molecule has 1 amide bonds. The summed E-state index contributed by atoms with van der Waals surface area (Å²) in [6.07, 6.45) is 4.74. The van der Waals surface area contributed by atoms with E-state index in [1.165, 1.54) is 12.1 Å². The summed E-state index contributed by atoms with van der Waals surface area (Å²) in [5, 5.41) is 0. The number of nitrogens with zero attached hydrogens (tertiary/aromatic N) is 1. The Morgan fingerprint density at radius 2 is 1.64 bits per heavy atom. The van der Waals surface area contributed by atoms with Crippen LogP contribution in [0.1, 0.15) is 68.8 Å². The molecule has 33 heavy (non-hydrogen) atoms. The summed E-state index contributed by atoms with van der Waals surface area (Å²) in [6, 6.07) is 14.0. The Morgan fingerprint density at radius 1 is 1.00 bits per heavy atom. The van der Waals surface area contributed by atoms with E-state index < -0.39 is 15.6 Å². The first kappa shape index (κ1) is 22.4. The largest absolute Gasteiger partial charge is 0.399 e. The number of benzene rings is 2. The number of rotatable bonds is 5. The molecule has 3 N–H and O–H groups in total. The average molecular weight is 468 g/mol. The molecule has 1 heterocycles. The van der Waals surface area contributed by atoms with Gasteiger partial charge in [-0.1, -0.05) is 32.9 Å². The van der Waals surface area contributed by atoms with E-state index in [1.54, 1.807) is 12.1 Å². The Balaban J connectivity index is 1.33. The van der Waals surface area contributed by atoms with E-state index in [2.05, 4.69) is 30.4 Å². The number of sulfonamides is 1. The molecule has 2 aromatic carbocycles. The van der Waals surface area contributed by atoms with Crippen molar-refractivity contribution < 1.29 is 13.2 Å². The van der Waals surface area contributed by atoms with Crippen molar-refractivity contribution in [2.24, 2.45) is 10.8 Å². The Kier molecular flexibility index (Phi) is 4.96. The molecule has 1 aliphatic heterocycles. The van der Waals surface area contributed by atoms with E-state index in [-0.39, 0.29) is 21.6 Å². The molecule has 3 aliphatic rings. The number of carbonyl (C=O) groups excluding carboxylic acids is 1. The molecule has 3 fully saturated rings. The zero-order valence-corrected chi connectivity index (χ0v) is 20.4. The van der Waals surface area contributed by atoms with Gasteiger partial charge in [0, 0.05) is 23.8 Å². The number of amides is 1. The van der Waals surface area contributed by atoms with Crippen molar-refractivity contribution in [3.05, 3.63) is 59.7 Å². The number of nitrogens with one attached hydrogen (secondary N) is 1. The van der Waals surface area contributed by atoms with Crippen molar-refractivity contribution in [1.82, 2.24) is 9.62 Å². The van der Waals surface area contributed by atoms with E-state index in [0.717, 1.165) is 44.2 Å². The lowest BCUT2D eigenvalue weighted by atomic mass is 9.65. The maximum Gasteiger partial charge on any atom is 0.254 e. The third-order valence-corrected chi connectivity index (χ3v) is 9.18. The van der Waals surface area contributed by atoms with Crippen LogP contribution in [0.15, 0.2) is 53.4 Å². The van der Waals surface area contributed by atoms with Crippen LogP contribution in [0, 0.1) is 10.8 Å². The number of anilines is 1. The highest BCUT2D eigenvalue weighted by Crippen LogP contribution is 2.53. The lowest BCUT2D eigenvalue weighted by molar-refractivity contribution is 0.0708. The topological polar surface area (TPSA) is 92.5 Å². The fourth-order valence-corrected chi connectivity index (χ4v) is 7.78. The first-order valence-electron chi connectivity index (χ1n) is 11.7.